The van der Waals surface area contributed by atoms with Gasteiger partial charge in [0.15, 0.2) is 0 Å². The van der Waals surface area contributed by atoms with Crippen molar-refractivity contribution in [2.24, 2.45) is 16.0 Å². The number of oxime groups is 1. The summed E-state index contributed by atoms with van der Waals surface area (Å²) in [5, 5.41) is 37.2. The average Bonchev–Trinajstić information content (AvgIpc) is 3.00. The first-order valence-electron chi connectivity index (χ1n) is 7.01. The number of aromatic hydroxyl groups is 2. The van der Waals surface area contributed by atoms with Gasteiger partial charge in [-0.05, 0) is 35.0 Å². The molecule has 23 heavy (non-hydrogen) atoms. The predicted molar refractivity (Wildman–Crippen MR) is 85.4 cm³/mol. The third-order valence-electron chi connectivity index (χ3n) is 3.74. The number of hydrazone groups is 1. The molecule has 1 atom stereocenters. The summed E-state index contributed by atoms with van der Waals surface area (Å²) < 4.78 is 0. The third-order valence-corrected chi connectivity index (χ3v) is 3.74. The summed E-state index contributed by atoms with van der Waals surface area (Å²) in [4.78, 5) is 0. The maximum atomic E-state index is 10.0. The zero-order valence-corrected chi connectivity index (χ0v) is 12.2. The van der Waals surface area contributed by atoms with E-state index in [0.29, 0.717) is 17.7 Å². The topological polar surface area (TPSA) is 115 Å². The van der Waals surface area contributed by atoms with Gasteiger partial charge in [0.2, 0.25) is 0 Å². The van der Waals surface area contributed by atoms with Gasteiger partial charge in [0.05, 0.1) is 11.8 Å². The van der Waals surface area contributed by atoms with Crippen molar-refractivity contribution in [1.29, 1.82) is 0 Å². The molecule has 5 N–H and O–H groups in total. The van der Waals surface area contributed by atoms with E-state index < -0.39 is 0 Å². The van der Waals surface area contributed by atoms with Crippen molar-refractivity contribution >= 4 is 11.7 Å². The monoisotopic (exact) mass is 312 g/mol. The van der Waals surface area contributed by atoms with Crippen LogP contribution in [0.5, 0.6) is 11.5 Å². The first kappa shape index (κ1) is 14.7. The minimum absolute atomic E-state index is 0.122. The molecular formula is C16H16N4O3. The number of benzene rings is 2. The van der Waals surface area contributed by atoms with Crippen LogP contribution in [0, 0.1) is 0 Å². The lowest BCUT2D eigenvalue weighted by Crippen LogP contribution is -2.33. The molecule has 2 aromatic carbocycles. The maximum absolute atomic E-state index is 10.0. The van der Waals surface area contributed by atoms with Crippen LogP contribution in [0.2, 0.25) is 0 Å². The van der Waals surface area contributed by atoms with Gasteiger partial charge in [-0.1, -0.05) is 24.3 Å². The summed E-state index contributed by atoms with van der Waals surface area (Å²) in [5.74, 6) is 0.134. The summed E-state index contributed by atoms with van der Waals surface area (Å²) in [7, 11) is 0. The summed E-state index contributed by atoms with van der Waals surface area (Å²) in [6, 6.07) is 13.2. The van der Waals surface area contributed by atoms with Crippen LogP contribution in [0.15, 0.2) is 58.8 Å². The maximum Gasteiger partial charge on any atom is 0.254 e. The molecule has 0 aromatic heterocycles. The molecular weight excluding hydrogens is 296 g/mol. The zero-order valence-electron chi connectivity index (χ0n) is 12.2. The normalized spacial score (nSPS) is 18.1. The summed E-state index contributed by atoms with van der Waals surface area (Å²) in [6.45, 7) is 0. The highest BCUT2D eigenvalue weighted by atomic mass is 16.4. The highest BCUT2D eigenvalue weighted by molar-refractivity contribution is 6.05. The molecule has 0 spiro atoms. The second-order valence-electron chi connectivity index (χ2n) is 5.18. The lowest BCUT2D eigenvalue weighted by atomic mass is 9.98. The van der Waals surface area contributed by atoms with Crippen molar-refractivity contribution < 1.29 is 15.4 Å². The van der Waals surface area contributed by atoms with Gasteiger partial charge in [0.1, 0.15) is 11.5 Å². The van der Waals surface area contributed by atoms with Crippen molar-refractivity contribution in [3.05, 3.63) is 59.7 Å². The van der Waals surface area contributed by atoms with Crippen molar-refractivity contribution in [1.82, 2.24) is 5.01 Å². The van der Waals surface area contributed by atoms with Gasteiger partial charge in [0, 0.05) is 12.0 Å². The molecule has 0 fully saturated rings. The molecule has 0 saturated carbocycles. The van der Waals surface area contributed by atoms with Gasteiger partial charge < -0.3 is 21.2 Å². The second kappa shape index (κ2) is 5.88. The predicted octanol–water partition coefficient (Wildman–Crippen LogP) is 1.95. The van der Waals surface area contributed by atoms with Crippen LogP contribution in [0.4, 0.5) is 0 Å². The number of para-hydroxylation sites is 1. The van der Waals surface area contributed by atoms with Crippen molar-refractivity contribution in [2.45, 2.75) is 12.5 Å². The van der Waals surface area contributed by atoms with E-state index in [1.807, 2.05) is 0 Å². The standard InChI is InChI=1S/C16H16N4O3/c17-16(19-23)20-14(10-5-7-11(21)8-6-10)9-13(18-20)12-3-1-2-4-15(12)22/h1-8,14,21-23H,9H2,(H2,17,19)/t14-/m0/s1. The number of phenols is 2. The van der Waals surface area contributed by atoms with Crippen molar-refractivity contribution in [3.63, 3.8) is 0 Å². The minimum Gasteiger partial charge on any atom is -0.508 e. The smallest absolute Gasteiger partial charge is 0.254 e. The van der Waals surface area contributed by atoms with Gasteiger partial charge in [-0.2, -0.15) is 5.10 Å². The first-order valence-corrected chi connectivity index (χ1v) is 7.01. The van der Waals surface area contributed by atoms with Gasteiger partial charge >= 0.3 is 0 Å². The molecule has 0 saturated heterocycles. The van der Waals surface area contributed by atoms with E-state index in [-0.39, 0.29) is 23.5 Å². The molecule has 7 heteroatoms. The fraction of sp³-hybridized carbons (Fsp3) is 0.125. The Balaban J connectivity index is 1.99. The number of hydrogen-bond donors (Lipinski definition) is 4. The van der Waals surface area contributed by atoms with Crippen LogP contribution < -0.4 is 5.73 Å². The zero-order chi connectivity index (χ0) is 16.4. The van der Waals surface area contributed by atoms with Crippen molar-refractivity contribution in [3.8, 4) is 11.5 Å². The summed E-state index contributed by atoms with van der Waals surface area (Å²) >= 11 is 0. The molecule has 0 aliphatic carbocycles. The van der Waals surface area contributed by atoms with Gasteiger partial charge in [0.25, 0.3) is 5.96 Å². The quantitative estimate of drug-likeness (QED) is 0.293. The summed E-state index contributed by atoms with van der Waals surface area (Å²) in [5.41, 5.74) is 7.81. The average molecular weight is 312 g/mol. The highest BCUT2D eigenvalue weighted by Crippen LogP contribution is 2.34. The van der Waals surface area contributed by atoms with Gasteiger partial charge in [-0.15, -0.1) is 0 Å². The number of guanidine groups is 1. The van der Waals surface area contributed by atoms with Crippen molar-refractivity contribution in [2.75, 3.05) is 0 Å². The van der Waals surface area contributed by atoms with E-state index in [2.05, 4.69) is 10.3 Å². The molecule has 0 radical (unpaired) electrons. The Bertz CT molecular complexity index is 771. The van der Waals surface area contributed by atoms with E-state index in [1.165, 1.54) is 5.01 Å². The van der Waals surface area contributed by atoms with E-state index in [9.17, 15) is 10.2 Å². The van der Waals surface area contributed by atoms with Gasteiger partial charge in [-0.25, -0.2) is 5.01 Å². The van der Waals surface area contributed by atoms with Crippen LogP contribution in [-0.4, -0.2) is 32.1 Å². The first-order chi connectivity index (χ1) is 11.1. The Kier molecular flexibility index (Phi) is 3.76. The third kappa shape index (κ3) is 2.76. The molecule has 3 rings (SSSR count). The number of rotatable bonds is 2. The minimum atomic E-state index is -0.291. The molecule has 118 valence electrons. The fourth-order valence-electron chi connectivity index (χ4n) is 2.60. The van der Waals surface area contributed by atoms with E-state index in [0.717, 1.165) is 5.56 Å². The molecule has 2 aromatic rings. The van der Waals surface area contributed by atoms with E-state index in [1.54, 1.807) is 48.5 Å². The number of hydrogen-bond acceptors (Lipinski definition) is 5. The Morgan fingerprint density at radius 1 is 1.13 bits per heavy atom. The number of nitrogens with two attached hydrogens (primary N) is 1. The SMILES string of the molecule is N/C(=N\O)N1N=C(c2ccccc2O)C[C@H]1c1ccc(O)cc1. The Morgan fingerprint density at radius 2 is 1.83 bits per heavy atom. The lowest BCUT2D eigenvalue weighted by Gasteiger charge is -2.21. The molecule has 0 bridgehead atoms. The fourth-order valence-corrected chi connectivity index (χ4v) is 2.60. The van der Waals surface area contributed by atoms with Crippen LogP contribution in [0.3, 0.4) is 0 Å². The highest BCUT2D eigenvalue weighted by Gasteiger charge is 2.32. The summed E-state index contributed by atoms with van der Waals surface area (Å²) in [6.07, 6.45) is 0.471. The number of phenolic OH excluding ortho intramolecular Hbond substituents is 2. The number of nitrogens with zero attached hydrogens (tertiary/aromatic N) is 3. The van der Waals surface area contributed by atoms with Gasteiger partial charge in [-0.3, -0.25) is 0 Å². The Labute approximate surface area is 132 Å². The lowest BCUT2D eigenvalue weighted by molar-refractivity contribution is 0.287. The molecule has 1 aliphatic heterocycles. The molecule has 0 unspecified atom stereocenters. The Morgan fingerprint density at radius 3 is 2.48 bits per heavy atom. The Hall–Kier alpha value is -3.22. The van der Waals surface area contributed by atoms with Crippen LogP contribution in [0.25, 0.3) is 0 Å². The molecule has 0 amide bonds. The molecule has 7 nitrogen and oxygen atoms in total. The second-order valence-corrected chi connectivity index (χ2v) is 5.18. The molecule has 1 heterocycles. The largest absolute Gasteiger partial charge is 0.508 e. The van der Waals surface area contributed by atoms with Crippen LogP contribution >= 0.6 is 0 Å². The van der Waals surface area contributed by atoms with Crippen LogP contribution in [0.1, 0.15) is 23.6 Å². The molecule has 1 aliphatic rings. The van der Waals surface area contributed by atoms with Crippen LogP contribution in [-0.2, 0) is 0 Å². The van der Waals surface area contributed by atoms with E-state index in [4.69, 9.17) is 10.9 Å². The van der Waals surface area contributed by atoms with E-state index >= 15 is 0 Å².